The van der Waals surface area contributed by atoms with E-state index in [-0.39, 0.29) is 57.6 Å². The van der Waals surface area contributed by atoms with Gasteiger partial charge in [0.05, 0.1) is 6.61 Å². The van der Waals surface area contributed by atoms with Crippen molar-refractivity contribution < 1.29 is 19.1 Å². The van der Waals surface area contributed by atoms with Crippen molar-refractivity contribution in [3.63, 3.8) is 0 Å². The topological polar surface area (TPSA) is 60.4 Å². The molecule has 4 aliphatic rings. The average Bonchev–Trinajstić information content (AvgIpc) is 3.21. The van der Waals surface area contributed by atoms with E-state index in [1.165, 1.54) is 0 Å². The van der Waals surface area contributed by atoms with Crippen molar-refractivity contribution in [3.8, 4) is 0 Å². The Balaban J connectivity index is 1.90. The first-order valence-electron chi connectivity index (χ1n) is 13.0. The summed E-state index contributed by atoms with van der Waals surface area (Å²) in [5, 5.41) is 0. The highest BCUT2D eigenvalue weighted by Crippen LogP contribution is 2.67. The lowest BCUT2D eigenvalue weighted by Gasteiger charge is -2.31. The summed E-state index contributed by atoms with van der Waals surface area (Å²) >= 11 is 0. The van der Waals surface area contributed by atoms with Gasteiger partial charge in [0.2, 0.25) is 0 Å². The molecule has 0 aromatic rings. The van der Waals surface area contributed by atoms with Crippen LogP contribution in [0.15, 0.2) is 23.3 Å². The quantitative estimate of drug-likeness (QED) is 0.352. The van der Waals surface area contributed by atoms with Gasteiger partial charge in [-0.1, -0.05) is 67.0 Å². The molecule has 1 unspecified atom stereocenters. The minimum Gasteiger partial charge on any atom is -0.465 e. The summed E-state index contributed by atoms with van der Waals surface area (Å²) in [5.74, 6) is 0.313. The smallest absolute Gasteiger partial charge is 0.319 e. The van der Waals surface area contributed by atoms with Crippen LogP contribution in [0.25, 0.3) is 0 Å². The first-order valence-corrected chi connectivity index (χ1v) is 13.0. The van der Waals surface area contributed by atoms with Crippen molar-refractivity contribution >= 4 is 17.5 Å². The highest BCUT2D eigenvalue weighted by molar-refractivity contribution is 6.07. The summed E-state index contributed by atoms with van der Waals surface area (Å²) in [6.07, 6.45) is 8.90. The lowest BCUT2D eigenvalue weighted by atomic mass is 9.70. The highest BCUT2D eigenvalue weighted by Gasteiger charge is 2.66. The van der Waals surface area contributed by atoms with Crippen molar-refractivity contribution in [1.82, 2.24) is 0 Å². The molecule has 4 fully saturated rings. The Bertz CT molecular complexity index is 900. The summed E-state index contributed by atoms with van der Waals surface area (Å²) in [5.41, 5.74) is -0.543. The van der Waals surface area contributed by atoms with Crippen LogP contribution in [0.5, 0.6) is 0 Å². The fraction of sp³-hybridized carbons (Fsp3) is 0.759. The first kappa shape index (κ1) is 24.4. The number of carbonyl (C=O) groups excluding carboxylic acids is 3. The van der Waals surface area contributed by atoms with Crippen LogP contribution >= 0.6 is 0 Å². The van der Waals surface area contributed by atoms with Crippen LogP contribution in [0.3, 0.4) is 0 Å². The molecule has 0 amide bonds. The van der Waals surface area contributed by atoms with E-state index in [1.54, 1.807) is 0 Å². The fourth-order valence-corrected chi connectivity index (χ4v) is 7.83. The third-order valence-corrected chi connectivity index (χ3v) is 10.9. The summed E-state index contributed by atoms with van der Waals surface area (Å²) in [7, 11) is 0. The van der Waals surface area contributed by atoms with E-state index < -0.39 is 5.41 Å². The Kier molecular flexibility index (Phi) is 5.47. The molecular formula is C29H42O4. The number of rotatable bonds is 6. The second-order valence-electron chi connectivity index (χ2n) is 12.7. The molecule has 0 radical (unpaired) electrons. The molecule has 4 nitrogen and oxygen atoms in total. The molecule has 0 aromatic carbocycles. The van der Waals surface area contributed by atoms with Crippen molar-refractivity contribution in [1.29, 1.82) is 0 Å². The van der Waals surface area contributed by atoms with Crippen LogP contribution in [0.1, 0.15) is 93.9 Å². The Morgan fingerprint density at radius 3 is 1.61 bits per heavy atom. The lowest BCUT2D eigenvalue weighted by molar-refractivity contribution is -0.150. The molecule has 4 aliphatic carbocycles. The second-order valence-corrected chi connectivity index (χ2v) is 12.7. The van der Waals surface area contributed by atoms with Gasteiger partial charge in [-0.2, -0.15) is 0 Å². The number of hydrogen-bond acceptors (Lipinski definition) is 4. The standard InChI is InChI=1S/C29H42O4/c1-9-13-29(24(32)33-10-2,16-18-20-11-14-27(7,22(18)30)25(20,3)4)17-19-21-12-15-28(8,23(19)31)26(21,5)6/h16-17,20-21H,9-15H2,1-8H3/b18-16-,19-17-/t20-,21-,27-,28+,29?/m1/s1. The molecular weight excluding hydrogens is 412 g/mol. The number of esters is 1. The van der Waals surface area contributed by atoms with Crippen LogP contribution < -0.4 is 0 Å². The summed E-state index contributed by atoms with van der Waals surface area (Å²) < 4.78 is 5.61. The number of hydrogen-bond donors (Lipinski definition) is 0. The third kappa shape index (κ3) is 2.91. The van der Waals surface area contributed by atoms with Gasteiger partial charge >= 0.3 is 5.97 Å². The van der Waals surface area contributed by atoms with Gasteiger partial charge in [-0.15, -0.1) is 0 Å². The largest absolute Gasteiger partial charge is 0.465 e. The molecule has 5 atom stereocenters. The van der Waals surface area contributed by atoms with Crippen molar-refractivity contribution in [2.45, 2.75) is 93.9 Å². The molecule has 0 spiro atoms. The summed E-state index contributed by atoms with van der Waals surface area (Å²) in [4.78, 5) is 40.9. The average molecular weight is 455 g/mol. The van der Waals surface area contributed by atoms with E-state index in [4.69, 9.17) is 4.74 Å². The number of allylic oxidation sites excluding steroid dienone is 2. The SMILES string of the molecule is CCCC(/C=C1\C(=O)[C@]2(C)CC[C@H]1C2(C)C)(/C=C1\C(=O)[C@@]2(C)CC[C@H]1C2(C)C)C(=O)OCC. The number of fused-ring (bicyclic) bond motifs is 4. The highest BCUT2D eigenvalue weighted by atomic mass is 16.5. The molecule has 0 aromatic heterocycles. The number of Topliss-reactive ketones (excluding diaryl/α,β-unsaturated/α-hetero) is 2. The fourth-order valence-electron chi connectivity index (χ4n) is 7.83. The Morgan fingerprint density at radius 2 is 1.30 bits per heavy atom. The van der Waals surface area contributed by atoms with Gasteiger partial charge in [-0.3, -0.25) is 14.4 Å². The van der Waals surface area contributed by atoms with Crippen molar-refractivity contribution in [3.05, 3.63) is 23.3 Å². The molecule has 4 saturated carbocycles. The molecule has 0 saturated heterocycles. The Morgan fingerprint density at radius 1 is 0.879 bits per heavy atom. The van der Waals surface area contributed by atoms with Crippen LogP contribution in [0, 0.1) is 38.9 Å². The van der Waals surface area contributed by atoms with Gasteiger partial charge < -0.3 is 4.74 Å². The van der Waals surface area contributed by atoms with E-state index in [0.29, 0.717) is 6.42 Å². The lowest BCUT2D eigenvalue weighted by Crippen LogP contribution is -2.34. The Labute approximate surface area is 199 Å². The zero-order valence-electron chi connectivity index (χ0n) is 21.9. The van der Waals surface area contributed by atoms with Crippen LogP contribution in [0.4, 0.5) is 0 Å². The monoisotopic (exact) mass is 454 g/mol. The van der Waals surface area contributed by atoms with Gasteiger partial charge in [0, 0.05) is 10.8 Å². The third-order valence-electron chi connectivity index (χ3n) is 10.9. The summed E-state index contributed by atoms with van der Waals surface area (Å²) in [6, 6.07) is 0. The van der Waals surface area contributed by atoms with E-state index in [1.807, 2.05) is 26.0 Å². The first-order chi connectivity index (χ1) is 15.2. The van der Waals surface area contributed by atoms with Gasteiger partial charge in [-0.25, -0.2) is 0 Å². The minimum absolute atomic E-state index is 0.132. The number of ether oxygens (including phenoxy) is 1. The number of ketones is 2. The predicted octanol–water partition coefficient (Wildman–Crippen LogP) is 6.24. The van der Waals surface area contributed by atoms with Gasteiger partial charge in [-0.05, 0) is 72.8 Å². The van der Waals surface area contributed by atoms with Crippen LogP contribution in [0.2, 0.25) is 0 Å². The van der Waals surface area contributed by atoms with Gasteiger partial charge in [0.1, 0.15) is 5.41 Å². The van der Waals surface area contributed by atoms with E-state index in [2.05, 4.69) is 41.5 Å². The summed E-state index contributed by atoms with van der Waals surface area (Å²) in [6.45, 7) is 17.1. The second kappa shape index (κ2) is 7.39. The maximum absolute atomic E-state index is 13.6. The van der Waals surface area contributed by atoms with Crippen molar-refractivity contribution in [2.24, 2.45) is 38.9 Å². The van der Waals surface area contributed by atoms with E-state index >= 15 is 0 Å². The molecule has 33 heavy (non-hydrogen) atoms. The van der Waals surface area contributed by atoms with E-state index in [9.17, 15) is 14.4 Å². The molecule has 0 N–H and O–H groups in total. The van der Waals surface area contributed by atoms with Crippen LogP contribution in [-0.4, -0.2) is 24.1 Å². The minimum atomic E-state index is -1.07. The maximum Gasteiger partial charge on any atom is 0.319 e. The molecule has 4 heteroatoms. The molecule has 0 aliphatic heterocycles. The number of carbonyl (C=O) groups is 3. The van der Waals surface area contributed by atoms with Gasteiger partial charge in [0.25, 0.3) is 0 Å². The normalized spacial score (nSPS) is 40.1. The molecule has 182 valence electrons. The van der Waals surface area contributed by atoms with Crippen molar-refractivity contribution in [2.75, 3.05) is 6.61 Å². The Hall–Kier alpha value is -1.71. The zero-order valence-corrected chi connectivity index (χ0v) is 21.9. The molecule has 4 rings (SSSR count). The maximum atomic E-state index is 13.6. The zero-order chi connectivity index (χ0) is 24.6. The van der Waals surface area contributed by atoms with Gasteiger partial charge in [0.15, 0.2) is 11.6 Å². The van der Waals surface area contributed by atoms with E-state index in [0.717, 1.165) is 43.3 Å². The predicted molar refractivity (Wildman–Crippen MR) is 129 cm³/mol. The van der Waals surface area contributed by atoms with Crippen LogP contribution in [-0.2, 0) is 19.1 Å². The molecule has 4 bridgehead atoms. The molecule has 0 heterocycles.